The maximum absolute atomic E-state index is 11.7. The molecule has 0 atom stereocenters. The Morgan fingerprint density at radius 2 is 2.04 bits per heavy atom. The fourth-order valence-corrected chi connectivity index (χ4v) is 3.31. The number of fused-ring (bicyclic) bond motifs is 1. The number of nitrogens with one attached hydrogen (secondary N) is 1. The molecule has 1 aromatic carbocycles. The fourth-order valence-electron chi connectivity index (χ4n) is 3.31. The normalized spacial score (nSPS) is 16.7. The van der Waals surface area contributed by atoms with E-state index in [2.05, 4.69) is 23.2 Å². The van der Waals surface area contributed by atoms with Gasteiger partial charge < -0.3 is 24.4 Å². The molecule has 2 aliphatic heterocycles. The highest BCUT2D eigenvalue weighted by atomic mass is 127. The zero-order valence-electron chi connectivity index (χ0n) is 15.9. The minimum absolute atomic E-state index is 0. The Morgan fingerprint density at radius 1 is 1.30 bits per heavy atom. The summed E-state index contributed by atoms with van der Waals surface area (Å²) < 4.78 is 15.6. The van der Waals surface area contributed by atoms with E-state index in [1.807, 2.05) is 12.1 Å². The van der Waals surface area contributed by atoms with E-state index in [4.69, 9.17) is 19.2 Å². The Kier molecular flexibility index (Phi) is 8.46. The van der Waals surface area contributed by atoms with Gasteiger partial charge in [0.1, 0.15) is 0 Å². The van der Waals surface area contributed by atoms with Crippen LogP contribution in [0.3, 0.4) is 0 Å². The number of nitrogens with zero attached hydrogens (tertiary/aromatic N) is 2. The minimum Gasteiger partial charge on any atom is -0.469 e. The number of esters is 1. The molecular weight excluding hydrogens is 461 g/mol. The number of guanidine groups is 1. The average Bonchev–Trinajstić information content (AvgIpc) is 3.15. The van der Waals surface area contributed by atoms with Crippen LogP contribution in [0.2, 0.25) is 0 Å². The summed E-state index contributed by atoms with van der Waals surface area (Å²) in [6.07, 6.45) is 2.45. The second-order valence-corrected chi connectivity index (χ2v) is 6.46. The molecular formula is C19H28IN3O4. The van der Waals surface area contributed by atoms with Crippen LogP contribution in [0.1, 0.15) is 25.3 Å². The molecule has 0 saturated carbocycles. The lowest BCUT2D eigenvalue weighted by molar-refractivity contribution is -0.146. The van der Waals surface area contributed by atoms with Crippen molar-refractivity contribution in [3.63, 3.8) is 0 Å². The van der Waals surface area contributed by atoms with E-state index in [0.29, 0.717) is 13.3 Å². The molecule has 27 heavy (non-hydrogen) atoms. The van der Waals surface area contributed by atoms with E-state index in [1.54, 1.807) is 0 Å². The third-order valence-corrected chi connectivity index (χ3v) is 4.76. The summed E-state index contributed by atoms with van der Waals surface area (Å²) in [6.45, 7) is 5.50. The topological polar surface area (TPSA) is 72.4 Å². The van der Waals surface area contributed by atoms with Crippen molar-refractivity contribution < 1.29 is 19.0 Å². The van der Waals surface area contributed by atoms with Gasteiger partial charge in [-0.05, 0) is 43.9 Å². The van der Waals surface area contributed by atoms with Crippen LogP contribution in [0.4, 0.5) is 0 Å². The van der Waals surface area contributed by atoms with Crippen molar-refractivity contribution in [2.75, 3.05) is 40.1 Å². The molecule has 2 aliphatic rings. The second kappa shape index (κ2) is 10.6. The first-order valence-electron chi connectivity index (χ1n) is 9.21. The fraction of sp³-hybridized carbons (Fsp3) is 0.579. The summed E-state index contributed by atoms with van der Waals surface area (Å²) in [4.78, 5) is 18.7. The van der Waals surface area contributed by atoms with E-state index in [0.717, 1.165) is 56.4 Å². The molecule has 150 valence electrons. The molecule has 0 amide bonds. The van der Waals surface area contributed by atoms with E-state index >= 15 is 0 Å². The number of piperidine rings is 1. The van der Waals surface area contributed by atoms with Gasteiger partial charge in [-0.25, -0.2) is 0 Å². The molecule has 2 heterocycles. The third-order valence-electron chi connectivity index (χ3n) is 4.76. The summed E-state index contributed by atoms with van der Waals surface area (Å²) >= 11 is 0. The van der Waals surface area contributed by atoms with Crippen molar-refractivity contribution in [1.82, 2.24) is 10.2 Å². The quantitative estimate of drug-likeness (QED) is 0.297. The van der Waals surface area contributed by atoms with Gasteiger partial charge >= 0.3 is 5.97 Å². The van der Waals surface area contributed by atoms with E-state index in [1.165, 1.54) is 12.7 Å². The molecule has 0 radical (unpaired) electrons. The van der Waals surface area contributed by atoms with E-state index in [9.17, 15) is 4.79 Å². The molecule has 7 nitrogen and oxygen atoms in total. The van der Waals surface area contributed by atoms with Crippen LogP contribution in [-0.4, -0.2) is 56.9 Å². The number of likely N-dealkylation sites (tertiary alicyclic amines) is 1. The molecule has 1 aromatic rings. The summed E-state index contributed by atoms with van der Waals surface area (Å²) in [6, 6.07) is 6.02. The lowest BCUT2D eigenvalue weighted by Crippen LogP contribution is -2.46. The first-order chi connectivity index (χ1) is 12.7. The third kappa shape index (κ3) is 5.63. The Balaban J connectivity index is 0.00000261. The van der Waals surface area contributed by atoms with Crippen molar-refractivity contribution in [3.8, 4) is 11.5 Å². The molecule has 0 spiro atoms. The first-order valence-corrected chi connectivity index (χ1v) is 9.21. The number of methoxy groups -OCH3 is 1. The maximum atomic E-state index is 11.7. The van der Waals surface area contributed by atoms with Crippen molar-refractivity contribution in [3.05, 3.63) is 23.8 Å². The van der Waals surface area contributed by atoms with Crippen LogP contribution >= 0.6 is 24.0 Å². The molecule has 0 aliphatic carbocycles. The van der Waals surface area contributed by atoms with Crippen molar-refractivity contribution in [2.45, 2.75) is 26.2 Å². The van der Waals surface area contributed by atoms with E-state index < -0.39 is 0 Å². The van der Waals surface area contributed by atoms with Crippen LogP contribution in [0.15, 0.2) is 23.2 Å². The van der Waals surface area contributed by atoms with E-state index in [-0.39, 0.29) is 35.9 Å². The molecule has 1 N–H and O–H groups in total. The molecule has 0 aromatic heterocycles. The van der Waals surface area contributed by atoms with Gasteiger partial charge in [0.2, 0.25) is 6.79 Å². The highest BCUT2D eigenvalue weighted by molar-refractivity contribution is 14.0. The van der Waals surface area contributed by atoms with Gasteiger partial charge in [-0.2, -0.15) is 0 Å². The molecule has 0 bridgehead atoms. The van der Waals surface area contributed by atoms with Crippen molar-refractivity contribution in [1.29, 1.82) is 0 Å². The number of aliphatic imine (C=N–C) groups is 1. The highest BCUT2D eigenvalue weighted by Gasteiger charge is 2.26. The Morgan fingerprint density at radius 3 is 2.74 bits per heavy atom. The minimum atomic E-state index is -0.102. The Hall–Kier alpha value is -1.71. The first kappa shape index (κ1) is 21.6. The summed E-state index contributed by atoms with van der Waals surface area (Å²) in [5.74, 6) is 2.43. The van der Waals surface area contributed by atoms with Crippen molar-refractivity contribution in [2.24, 2.45) is 10.9 Å². The number of hydrogen-bond acceptors (Lipinski definition) is 5. The van der Waals surface area contributed by atoms with Crippen molar-refractivity contribution >= 4 is 35.9 Å². The molecule has 0 unspecified atom stereocenters. The maximum Gasteiger partial charge on any atom is 0.308 e. The zero-order chi connectivity index (χ0) is 18.4. The lowest BCUT2D eigenvalue weighted by atomic mass is 9.97. The van der Waals surface area contributed by atoms with Gasteiger partial charge in [-0.1, -0.05) is 6.07 Å². The second-order valence-electron chi connectivity index (χ2n) is 6.46. The van der Waals surface area contributed by atoms with Gasteiger partial charge in [0.05, 0.1) is 13.0 Å². The van der Waals surface area contributed by atoms with Gasteiger partial charge in [-0.3, -0.25) is 9.79 Å². The largest absolute Gasteiger partial charge is 0.469 e. The summed E-state index contributed by atoms with van der Waals surface area (Å²) in [5.41, 5.74) is 1.18. The number of carbonyl (C=O) groups is 1. The number of carbonyl (C=O) groups excluding carboxylic acids is 1. The summed E-state index contributed by atoms with van der Waals surface area (Å²) in [5, 5.41) is 3.35. The Labute approximate surface area is 177 Å². The predicted molar refractivity (Wildman–Crippen MR) is 114 cm³/mol. The monoisotopic (exact) mass is 489 g/mol. The van der Waals surface area contributed by atoms with Gasteiger partial charge in [-0.15, -0.1) is 24.0 Å². The highest BCUT2D eigenvalue weighted by Crippen LogP contribution is 2.32. The number of halogens is 1. The average molecular weight is 489 g/mol. The number of rotatable bonds is 5. The van der Waals surface area contributed by atoms with Crippen LogP contribution in [-0.2, 0) is 16.0 Å². The van der Waals surface area contributed by atoms with Gasteiger partial charge in [0, 0.05) is 26.2 Å². The molecule has 8 heteroatoms. The SMILES string of the molecule is CCNC(=NCCc1ccc2c(c1)OCO2)N1CCC(C(=O)OC)CC1.I. The molecule has 1 fully saturated rings. The van der Waals surface area contributed by atoms with Gasteiger partial charge in [0.15, 0.2) is 17.5 Å². The standard InChI is InChI=1S/C19H27N3O4.HI/c1-3-20-19(22-10-7-15(8-11-22)18(23)24-2)21-9-6-14-4-5-16-17(12-14)26-13-25-16;/h4-5,12,15H,3,6-11,13H2,1-2H3,(H,20,21);1H. The van der Waals surface area contributed by atoms with Crippen LogP contribution in [0.25, 0.3) is 0 Å². The smallest absolute Gasteiger partial charge is 0.308 e. The number of benzene rings is 1. The molecule has 1 saturated heterocycles. The predicted octanol–water partition coefficient (Wildman–Crippen LogP) is 2.43. The van der Waals surface area contributed by atoms with Crippen LogP contribution in [0.5, 0.6) is 11.5 Å². The number of ether oxygens (including phenoxy) is 3. The van der Waals surface area contributed by atoms with Crippen LogP contribution in [0, 0.1) is 5.92 Å². The van der Waals surface area contributed by atoms with Crippen LogP contribution < -0.4 is 14.8 Å². The number of hydrogen-bond donors (Lipinski definition) is 1. The summed E-state index contributed by atoms with van der Waals surface area (Å²) in [7, 11) is 1.45. The Bertz CT molecular complexity index is 660. The lowest BCUT2D eigenvalue weighted by Gasteiger charge is -2.33. The van der Waals surface area contributed by atoms with Gasteiger partial charge in [0.25, 0.3) is 0 Å². The zero-order valence-corrected chi connectivity index (χ0v) is 18.2. The molecule has 3 rings (SSSR count).